The topological polar surface area (TPSA) is 57.2 Å². The Balaban J connectivity index is 1.64. The van der Waals surface area contributed by atoms with Crippen LogP contribution < -0.4 is 4.90 Å². The zero-order valence-corrected chi connectivity index (χ0v) is 17.5. The smallest absolute Gasteiger partial charge is 0.270 e. The van der Waals surface area contributed by atoms with Crippen LogP contribution in [0.15, 0.2) is 74.5 Å². The second-order valence-corrected chi connectivity index (χ2v) is 8.45. The van der Waals surface area contributed by atoms with Gasteiger partial charge in [0.15, 0.2) is 4.32 Å². The Morgan fingerprint density at radius 1 is 1.14 bits per heavy atom. The first kappa shape index (κ1) is 18.7. The molecule has 0 atom stereocenters. The molecule has 3 aromatic rings. The van der Waals surface area contributed by atoms with Gasteiger partial charge in [-0.2, -0.15) is 5.26 Å². The zero-order chi connectivity index (χ0) is 19.7. The summed E-state index contributed by atoms with van der Waals surface area (Å²) in [5.41, 5.74) is 1.96. The van der Waals surface area contributed by atoms with Crippen molar-refractivity contribution in [1.82, 2.24) is 0 Å². The maximum Gasteiger partial charge on any atom is 0.270 e. The fourth-order valence-corrected chi connectivity index (χ4v) is 4.47. The molecular formula is C21H11BrN2O2S2. The summed E-state index contributed by atoms with van der Waals surface area (Å²) in [7, 11) is 0. The third kappa shape index (κ3) is 3.54. The molecule has 1 saturated heterocycles. The van der Waals surface area contributed by atoms with Crippen molar-refractivity contribution >= 4 is 61.9 Å². The number of carbonyl (C=O) groups is 1. The van der Waals surface area contributed by atoms with Crippen molar-refractivity contribution < 1.29 is 9.21 Å². The second-order valence-electron chi connectivity index (χ2n) is 5.86. The molecule has 28 heavy (non-hydrogen) atoms. The number of benzene rings is 2. The first-order valence-electron chi connectivity index (χ1n) is 8.19. The highest BCUT2D eigenvalue weighted by Crippen LogP contribution is 2.37. The second kappa shape index (κ2) is 7.76. The third-order valence-corrected chi connectivity index (χ3v) is 5.87. The molecule has 1 aliphatic rings. The van der Waals surface area contributed by atoms with Crippen LogP contribution in [-0.4, -0.2) is 10.2 Å². The predicted octanol–water partition coefficient (Wildman–Crippen LogP) is 5.99. The summed E-state index contributed by atoms with van der Waals surface area (Å²) in [5.74, 6) is 0.909. The van der Waals surface area contributed by atoms with Gasteiger partial charge in [-0.05, 0) is 42.5 Å². The number of nitriles is 1. The molecule has 0 spiro atoms. The zero-order valence-electron chi connectivity index (χ0n) is 14.3. The molecule has 136 valence electrons. The van der Waals surface area contributed by atoms with E-state index < -0.39 is 0 Å². The Labute approximate surface area is 179 Å². The van der Waals surface area contributed by atoms with E-state index in [0.29, 0.717) is 37.6 Å². The monoisotopic (exact) mass is 466 g/mol. The van der Waals surface area contributed by atoms with Gasteiger partial charge in [0.1, 0.15) is 11.5 Å². The van der Waals surface area contributed by atoms with Crippen LogP contribution in [0.1, 0.15) is 11.3 Å². The average molecular weight is 467 g/mol. The van der Waals surface area contributed by atoms with Gasteiger partial charge in [0.25, 0.3) is 5.91 Å². The van der Waals surface area contributed by atoms with Crippen LogP contribution >= 0.6 is 39.9 Å². The maximum atomic E-state index is 12.9. The molecule has 0 radical (unpaired) electrons. The Hall–Kier alpha value is -2.66. The first-order valence-corrected chi connectivity index (χ1v) is 10.2. The highest BCUT2D eigenvalue weighted by molar-refractivity contribution is 9.10. The number of thioether (sulfide) groups is 1. The van der Waals surface area contributed by atoms with E-state index in [9.17, 15) is 10.1 Å². The molecule has 1 aliphatic heterocycles. The highest BCUT2D eigenvalue weighted by Gasteiger charge is 2.33. The van der Waals surface area contributed by atoms with Gasteiger partial charge in [-0.25, -0.2) is 0 Å². The minimum Gasteiger partial charge on any atom is -0.457 e. The Morgan fingerprint density at radius 3 is 2.75 bits per heavy atom. The largest absolute Gasteiger partial charge is 0.457 e. The predicted molar refractivity (Wildman–Crippen MR) is 119 cm³/mol. The molecule has 0 saturated carbocycles. The summed E-state index contributed by atoms with van der Waals surface area (Å²) in [4.78, 5) is 14.8. The van der Waals surface area contributed by atoms with Crippen LogP contribution in [0, 0.1) is 11.3 Å². The van der Waals surface area contributed by atoms with E-state index >= 15 is 0 Å². The fraction of sp³-hybridized carbons (Fsp3) is 0. The summed E-state index contributed by atoms with van der Waals surface area (Å²) in [6.07, 6.45) is 1.68. The van der Waals surface area contributed by atoms with Gasteiger partial charge < -0.3 is 4.42 Å². The van der Waals surface area contributed by atoms with E-state index in [1.54, 1.807) is 30.3 Å². The summed E-state index contributed by atoms with van der Waals surface area (Å²) in [5, 5.41) is 9.26. The summed E-state index contributed by atoms with van der Waals surface area (Å²) in [6.45, 7) is 0. The molecule has 7 heteroatoms. The van der Waals surface area contributed by atoms with Crippen LogP contribution in [0.4, 0.5) is 5.69 Å². The normalized spacial score (nSPS) is 15.3. The summed E-state index contributed by atoms with van der Waals surface area (Å²) >= 11 is 10.0. The van der Waals surface area contributed by atoms with Crippen molar-refractivity contribution in [3.63, 3.8) is 0 Å². The number of halogens is 1. The molecule has 1 amide bonds. The lowest BCUT2D eigenvalue weighted by Crippen LogP contribution is -2.27. The van der Waals surface area contributed by atoms with E-state index in [0.717, 1.165) is 4.47 Å². The number of hydrogen-bond donors (Lipinski definition) is 0. The van der Waals surface area contributed by atoms with Crippen LogP contribution in [0.2, 0.25) is 0 Å². The van der Waals surface area contributed by atoms with Gasteiger partial charge in [0.05, 0.1) is 22.2 Å². The van der Waals surface area contributed by atoms with E-state index in [-0.39, 0.29) is 5.91 Å². The number of nitrogens with zero attached hydrogens (tertiary/aromatic N) is 2. The Morgan fingerprint density at radius 2 is 1.96 bits per heavy atom. The van der Waals surface area contributed by atoms with Crippen molar-refractivity contribution in [2.75, 3.05) is 4.90 Å². The Kier molecular flexibility index (Phi) is 5.18. The van der Waals surface area contributed by atoms with Gasteiger partial charge in [-0.15, -0.1) is 0 Å². The summed E-state index contributed by atoms with van der Waals surface area (Å²) in [6, 6.07) is 20.4. The number of amides is 1. The van der Waals surface area contributed by atoms with Crippen molar-refractivity contribution in [2.45, 2.75) is 0 Å². The fourth-order valence-electron chi connectivity index (χ4n) is 2.81. The third-order valence-electron chi connectivity index (χ3n) is 4.07. The van der Waals surface area contributed by atoms with Crippen molar-refractivity contribution in [3.05, 3.63) is 81.4 Å². The molecular weight excluding hydrogens is 456 g/mol. The number of thiocarbonyl (C=S) groups is 1. The van der Waals surface area contributed by atoms with E-state index in [1.165, 1.54) is 16.7 Å². The molecule has 0 unspecified atom stereocenters. The van der Waals surface area contributed by atoms with E-state index in [2.05, 4.69) is 22.0 Å². The van der Waals surface area contributed by atoms with Gasteiger partial charge in [-0.3, -0.25) is 9.69 Å². The lowest BCUT2D eigenvalue weighted by atomic mass is 10.1. The molecule has 2 heterocycles. The highest BCUT2D eigenvalue weighted by atomic mass is 79.9. The number of hydrogen-bond acceptors (Lipinski definition) is 5. The van der Waals surface area contributed by atoms with E-state index in [4.69, 9.17) is 16.6 Å². The first-order chi connectivity index (χ1) is 13.6. The summed E-state index contributed by atoms with van der Waals surface area (Å²) < 4.78 is 7.19. The van der Waals surface area contributed by atoms with Crippen LogP contribution in [0.5, 0.6) is 0 Å². The number of anilines is 1. The van der Waals surface area contributed by atoms with Crippen molar-refractivity contribution in [2.24, 2.45) is 0 Å². The van der Waals surface area contributed by atoms with Crippen molar-refractivity contribution in [1.29, 1.82) is 5.26 Å². The Bertz CT molecular complexity index is 1180. The molecule has 4 nitrogen and oxygen atoms in total. The standard InChI is InChI=1S/C21H11BrN2O2S2/c22-14-5-3-6-15(10-14)24-20(25)19(28-21(24)27)11-16-8-9-18(26-16)17-7-2-1-4-13(17)12-23/h1-11H/b19-11+. The van der Waals surface area contributed by atoms with Gasteiger partial charge >= 0.3 is 0 Å². The lowest BCUT2D eigenvalue weighted by molar-refractivity contribution is -0.113. The van der Waals surface area contributed by atoms with Gasteiger partial charge in [-0.1, -0.05) is 58.1 Å². The number of furan rings is 1. The lowest BCUT2D eigenvalue weighted by Gasteiger charge is -2.14. The van der Waals surface area contributed by atoms with Crippen molar-refractivity contribution in [3.8, 4) is 17.4 Å². The average Bonchev–Trinajstić information content (AvgIpc) is 3.26. The molecule has 0 aliphatic carbocycles. The van der Waals surface area contributed by atoms with Crippen LogP contribution in [-0.2, 0) is 4.79 Å². The SMILES string of the molecule is N#Cc1ccccc1-c1ccc(/C=C2/SC(=S)N(c3cccc(Br)c3)C2=O)o1. The van der Waals surface area contributed by atoms with Gasteiger partial charge in [0, 0.05) is 16.1 Å². The minimum atomic E-state index is -0.191. The van der Waals surface area contributed by atoms with E-state index in [1.807, 2.05) is 36.4 Å². The molecule has 0 bridgehead atoms. The quantitative estimate of drug-likeness (QED) is 0.350. The molecule has 1 aromatic heterocycles. The maximum absolute atomic E-state index is 12.9. The minimum absolute atomic E-state index is 0.191. The number of carbonyl (C=O) groups excluding carboxylic acids is 1. The van der Waals surface area contributed by atoms with Gasteiger partial charge in [0.2, 0.25) is 0 Å². The van der Waals surface area contributed by atoms with Crippen LogP contribution in [0.3, 0.4) is 0 Å². The van der Waals surface area contributed by atoms with Crippen LogP contribution in [0.25, 0.3) is 17.4 Å². The molecule has 4 rings (SSSR count). The molecule has 1 fully saturated rings. The molecule has 0 N–H and O–H groups in total. The molecule has 2 aromatic carbocycles. The number of rotatable bonds is 3.